The highest BCUT2D eigenvalue weighted by molar-refractivity contribution is 5.74. The second-order valence-electron chi connectivity index (χ2n) is 8.00. The van der Waals surface area contributed by atoms with Gasteiger partial charge in [-0.25, -0.2) is 0 Å². The average molecular weight is 339 g/mol. The minimum atomic E-state index is 0.000193. The van der Waals surface area contributed by atoms with E-state index < -0.39 is 0 Å². The van der Waals surface area contributed by atoms with Crippen molar-refractivity contribution in [2.45, 2.75) is 51.6 Å². The Kier molecular flexibility index (Phi) is 4.68. The first kappa shape index (κ1) is 16.8. The van der Waals surface area contributed by atoms with Crippen LogP contribution in [0.4, 0.5) is 0 Å². The van der Waals surface area contributed by atoms with Gasteiger partial charge in [-0.15, -0.1) is 0 Å². The molecule has 2 bridgehead atoms. The highest BCUT2D eigenvalue weighted by Gasteiger charge is 2.50. The van der Waals surface area contributed by atoms with Crippen molar-refractivity contribution in [3.05, 3.63) is 47.5 Å². The molecule has 3 nitrogen and oxygen atoms in total. The largest absolute Gasteiger partial charge is 0.466 e. The zero-order valence-electron chi connectivity index (χ0n) is 15.4. The summed E-state index contributed by atoms with van der Waals surface area (Å²) in [4.78, 5) is 15.2. The van der Waals surface area contributed by atoms with Crippen LogP contribution in [0.3, 0.4) is 0 Å². The van der Waals surface area contributed by atoms with Gasteiger partial charge in [0.1, 0.15) is 0 Å². The summed E-state index contributed by atoms with van der Waals surface area (Å²) in [5.74, 6) is 1.31. The molecule has 0 radical (unpaired) electrons. The van der Waals surface area contributed by atoms with Crippen molar-refractivity contribution in [1.82, 2.24) is 4.90 Å². The van der Waals surface area contributed by atoms with Crippen LogP contribution < -0.4 is 0 Å². The maximum absolute atomic E-state index is 12.5. The zero-order chi connectivity index (χ0) is 17.4. The standard InChI is InChI=1S/C22H29NO2/c1-3-25-22(24)19-13-18-15(2)11-20(19)23(14-17-9-10-17)21(18)12-16-7-5-4-6-8-16/h4-8,11,17-21H,3,9-10,12-14H2,1-2H3. The number of ether oxygens (including phenoxy) is 1. The molecule has 3 heteroatoms. The van der Waals surface area contributed by atoms with Gasteiger partial charge in [0.05, 0.1) is 12.5 Å². The quantitative estimate of drug-likeness (QED) is 0.583. The minimum absolute atomic E-state index is 0.000193. The lowest BCUT2D eigenvalue weighted by Crippen LogP contribution is -2.60. The molecule has 1 saturated carbocycles. The Morgan fingerprint density at radius 3 is 2.68 bits per heavy atom. The molecule has 1 saturated heterocycles. The van der Waals surface area contributed by atoms with E-state index in [0.717, 1.165) is 25.3 Å². The van der Waals surface area contributed by atoms with E-state index in [-0.39, 0.29) is 17.9 Å². The Hall–Kier alpha value is -1.61. The van der Waals surface area contributed by atoms with Gasteiger partial charge in [-0.05, 0) is 56.9 Å². The van der Waals surface area contributed by atoms with Gasteiger partial charge in [0, 0.05) is 18.6 Å². The fourth-order valence-corrected chi connectivity index (χ4v) is 4.80. The molecule has 1 aromatic carbocycles. The van der Waals surface area contributed by atoms with Gasteiger partial charge in [-0.2, -0.15) is 0 Å². The van der Waals surface area contributed by atoms with Crippen molar-refractivity contribution >= 4 is 5.97 Å². The molecule has 4 aliphatic rings. The minimum Gasteiger partial charge on any atom is -0.466 e. The lowest BCUT2D eigenvalue weighted by molar-refractivity contribution is -0.154. The van der Waals surface area contributed by atoms with Crippen LogP contribution in [0.5, 0.6) is 0 Å². The summed E-state index contributed by atoms with van der Waals surface area (Å²) in [6, 6.07) is 11.6. The fourth-order valence-electron chi connectivity index (χ4n) is 4.80. The second kappa shape index (κ2) is 6.95. The maximum Gasteiger partial charge on any atom is 0.310 e. The molecule has 1 aromatic rings. The molecule has 0 spiro atoms. The van der Waals surface area contributed by atoms with Gasteiger partial charge in [0.25, 0.3) is 0 Å². The first-order chi connectivity index (χ1) is 12.2. The SMILES string of the molecule is CCOC(=O)C1CC2C(C)=CC1N(CC1CC1)C2Cc1ccccc1. The van der Waals surface area contributed by atoms with E-state index in [2.05, 4.69) is 48.2 Å². The molecule has 5 rings (SSSR count). The van der Waals surface area contributed by atoms with Crippen molar-refractivity contribution in [2.24, 2.45) is 17.8 Å². The van der Waals surface area contributed by atoms with Gasteiger partial charge < -0.3 is 4.74 Å². The van der Waals surface area contributed by atoms with Crippen molar-refractivity contribution in [2.75, 3.05) is 13.2 Å². The highest BCUT2D eigenvalue weighted by Crippen LogP contribution is 2.46. The van der Waals surface area contributed by atoms with Crippen LogP contribution in [-0.2, 0) is 16.0 Å². The predicted molar refractivity (Wildman–Crippen MR) is 99.1 cm³/mol. The topological polar surface area (TPSA) is 29.5 Å². The Balaban J connectivity index is 1.60. The fraction of sp³-hybridized carbons (Fsp3) is 0.591. The summed E-state index contributed by atoms with van der Waals surface area (Å²) < 4.78 is 5.40. The Morgan fingerprint density at radius 1 is 1.24 bits per heavy atom. The summed E-state index contributed by atoms with van der Waals surface area (Å²) in [7, 11) is 0. The summed E-state index contributed by atoms with van der Waals surface area (Å²) in [5.41, 5.74) is 2.87. The Morgan fingerprint density at radius 2 is 2.00 bits per heavy atom. The van der Waals surface area contributed by atoms with Crippen LogP contribution in [0.1, 0.15) is 38.7 Å². The van der Waals surface area contributed by atoms with Gasteiger partial charge in [0.2, 0.25) is 0 Å². The molecule has 0 amide bonds. The lowest BCUT2D eigenvalue weighted by Gasteiger charge is -2.53. The summed E-state index contributed by atoms with van der Waals surface area (Å²) in [5, 5.41) is 0. The molecule has 25 heavy (non-hydrogen) atoms. The summed E-state index contributed by atoms with van der Waals surface area (Å²) in [6.07, 6.45) is 7.08. The number of esters is 1. The average Bonchev–Trinajstić information content (AvgIpc) is 3.42. The predicted octanol–water partition coefficient (Wildman–Crippen LogP) is 3.84. The van der Waals surface area contributed by atoms with Crippen molar-refractivity contribution < 1.29 is 9.53 Å². The first-order valence-electron chi connectivity index (χ1n) is 9.82. The van der Waals surface area contributed by atoms with Crippen molar-refractivity contribution in [3.63, 3.8) is 0 Å². The number of benzene rings is 1. The smallest absolute Gasteiger partial charge is 0.310 e. The third-order valence-corrected chi connectivity index (χ3v) is 6.25. The third-order valence-electron chi connectivity index (χ3n) is 6.25. The van der Waals surface area contributed by atoms with Crippen molar-refractivity contribution in [1.29, 1.82) is 0 Å². The molecule has 2 heterocycles. The first-order valence-corrected chi connectivity index (χ1v) is 9.82. The molecule has 0 N–H and O–H groups in total. The highest BCUT2D eigenvalue weighted by atomic mass is 16.5. The third kappa shape index (κ3) is 3.39. The molecule has 4 atom stereocenters. The Bertz CT molecular complexity index is 649. The van der Waals surface area contributed by atoms with Crippen LogP contribution in [0, 0.1) is 17.8 Å². The van der Waals surface area contributed by atoms with Gasteiger partial charge in [-0.1, -0.05) is 42.0 Å². The van der Waals surface area contributed by atoms with E-state index in [0.29, 0.717) is 18.6 Å². The van der Waals surface area contributed by atoms with Gasteiger partial charge >= 0.3 is 5.97 Å². The molecular formula is C22H29NO2. The molecule has 2 aliphatic heterocycles. The van der Waals surface area contributed by atoms with Crippen molar-refractivity contribution in [3.8, 4) is 0 Å². The number of carbonyl (C=O) groups excluding carboxylic acids is 1. The number of carbonyl (C=O) groups is 1. The number of fused-ring (bicyclic) bond motifs is 2. The van der Waals surface area contributed by atoms with E-state index >= 15 is 0 Å². The van der Waals surface area contributed by atoms with Gasteiger partial charge in [-0.3, -0.25) is 9.69 Å². The second-order valence-corrected chi connectivity index (χ2v) is 8.00. The van der Waals surface area contributed by atoms with E-state index in [1.54, 1.807) is 0 Å². The van der Waals surface area contributed by atoms with Crippen LogP contribution in [0.25, 0.3) is 0 Å². The maximum atomic E-state index is 12.5. The van der Waals surface area contributed by atoms with E-state index in [4.69, 9.17) is 4.74 Å². The molecule has 4 unspecified atom stereocenters. The van der Waals surface area contributed by atoms with E-state index in [9.17, 15) is 4.79 Å². The van der Waals surface area contributed by atoms with Crippen LogP contribution in [0.15, 0.2) is 42.0 Å². The zero-order valence-corrected chi connectivity index (χ0v) is 15.4. The lowest BCUT2D eigenvalue weighted by atomic mass is 9.68. The summed E-state index contributed by atoms with van der Waals surface area (Å²) >= 11 is 0. The van der Waals surface area contributed by atoms with Crippen LogP contribution in [0.2, 0.25) is 0 Å². The normalized spacial score (nSPS) is 31.7. The van der Waals surface area contributed by atoms with Gasteiger partial charge in [0.15, 0.2) is 0 Å². The van der Waals surface area contributed by atoms with Crippen LogP contribution in [-0.4, -0.2) is 36.1 Å². The van der Waals surface area contributed by atoms with E-state index in [1.165, 1.54) is 24.0 Å². The number of hydrogen-bond acceptors (Lipinski definition) is 3. The molecule has 134 valence electrons. The molecule has 0 aromatic heterocycles. The molecular weight excluding hydrogens is 310 g/mol. The Labute approximate surface area is 151 Å². The number of hydrogen-bond donors (Lipinski definition) is 0. The van der Waals surface area contributed by atoms with E-state index in [1.807, 2.05) is 6.92 Å². The number of piperidine rings is 1. The monoisotopic (exact) mass is 339 g/mol. The molecule has 2 fully saturated rings. The number of rotatable bonds is 6. The number of nitrogens with zero attached hydrogens (tertiary/aromatic N) is 1. The summed E-state index contributed by atoms with van der Waals surface area (Å²) in [6.45, 7) is 5.77. The molecule has 2 aliphatic carbocycles. The van der Waals surface area contributed by atoms with Crippen LogP contribution >= 0.6 is 0 Å².